The molecule has 1 aromatic heterocycles. The standard InChI is InChI=1S/C18H22N4O2S/c1-21(2)15-5-3-14(4-6-15)17(24)22-10-7-13(8-11-22)16(23)20-18-19-9-12-25-18/h3-6,9,12-13H,7-8,10-11H2,1-2H3,(H,19,20,23). The molecule has 1 aliphatic heterocycles. The minimum absolute atomic E-state index is 0.00242. The van der Waals surface area contributed by atoms with Crippen LogP contribution in [0.5, 0.6) is 0 Å². The Balaban J connectivity index is 1.54. The van der Waals surface area contributed by atoms with Gasteiger partial charge in [-0.15, -0.1) is 11.3 Å². The molecule has 0 saturated carbocycles. The van der Waals surface area contributed by atoms with E-state index in [0.29, 0.717) is 36.6 Å². The van der Waals surface area contributed by atoms with Gasteiger partial charge >= 0.3 is 0 Å². The van der Waals surface area contributed by atoms with Crippen LogP contribution in [0.3, 0.4) is 0 Å². The quantitative estimate of drug-likeness (QED) is 0.913. The third-order valence-corrected chi connectivity index (χ3v) is 5.13. The second kappa shape index (κ2) is 7.65. The van der Waals surface area contributed by atoms with Crippen molar-refractivity contribution in [2.24, 2.45) is 5.92 Å². The number of carbonyl (C=O) groups is 2. The van der Waals surface area contributed by atoms with E-state index in [1.54, 1.807) is 6.20 Å². The fraction of sp³-hybridized carbons (Fsp3) is 0.389. The molecule has 2 amide bonds. The Bertz CT molecular complexity index is 720. The third-order valence-electron chi connectivity index (χ3n) is 4.45. The first-order valence-corrected chi connectivity index (χ1v) is 9.19. The lowest BCUT2D eigenvalue weighted by Crippen LogP contribution is -2.41. The van der Waals surface area contributed by atoms with E-state index in [2.05, 4.69) is 10.3 Å². The lowest BCUT2D eigenvalue weighted by Gasteiger charge is -2.31. The maximum atomic E-state index is 12.6. The van der Waals surface area contributed by atoms with Crippen molar-refractivity contribution < 1.29 is 9.59 Å². The zero-order valence-corrected chi connectivity index (χ0v) is 15.3. The number of nitrogens with zero attached hydrogens (tertiary/aromatic N) is 3. The van der Waals surface area contributed by atoms with Crippen LogP contribution in [-0.2, 0) is 4.79 Å². The molecule has 25 heavy (non-hydrogen) atoms. The molecule has 0 spiro atoms. The zero-order valence-electron chi connectivity index (χ0n) is 14.4. The second-order valence-electron chi connectivity index (χ2n) is 6.33. The molecule has 1 aromatic carbocycles. The average molecular weight is 358 g/mol. The molecule has 3 rings (SSSR count). The van der Waals surface area contributed by atoms with Gasteiger partial charge in [-0.1, -0.05) is 0 Å². The minimum atomic E-state index is -0.0657. The van der Waals surface area contributed by atoms with Gasteiger partial charge in [0.25, 0.3) is 5.91 Å². The van der Waals surface area contributed by atoms with Gasteiger partial charge in [0.1, 0.15) is 0 Å². The number of aromatic nitrogens is 1. The molecule has 0 radical (unpaired) electrons. The Labute approximate surface area is 151 Å². The van der Waals surface area contributed by atoms with Gasteiger partial charge in [0.15, 0.2) is 5.13 Å². The SMILES string of the molecule is CN(C)c1ccc(C(=O)N2CCC(C(=O)Nc3nccs3)CC2)cc1. The molecule has 0 atom stereocenters. The first-order chi connectivity index (χ1) is 12.0. The van der Waals surface area contributed by atoms with Crippen molar-refractivity contribution in [2.75, 3.05) is 37.4 Å². The van der Waals surface area contributed by atoms with Crippen LogP contribution in [0.15, 0.2) is 35.8 Å². The zero-order chi connectivity index (χ0) is 17.8. The molecule has 0 aliphatic carbocycles. The Morgan fingerprint density at radius 2 is 1.88 bits per heavy atom. The molecule has 2 heterocycles. The van der Waals surface area contributed by atoms with E-state index in [0.717, 1.165) is 5.69 Å². The highest BCUT2D eigenvalue weighted by Gasteiger charge is 2.28. The predicted molar refractivity (Wildman–Crippen MR) is 100 cm³/mol. The molecule has 1 fully saturated rings. The molecule has 7 heteroatoms. The second-order valence-corrected chi connectivity index (χ2v) is 7.23. The maximum absolute atomic E-state index is 12.6. The Hall–Kier alpha value is -2.41. The van der Waals surface area contributed by atoms with Crippen molar-refractivity contribution in [1.29, 1.82) is 0 Å². The molecule has 6 nitrogen and oxygen atoms in total. The highest BCUT2D eigenvalue weighted by atomic mass is 32.1. The number of thiazole rings is 1. The van der Waals surface area contributed by atoms with Crippen molar-refractivity contribution in [1.82, 2.24) is 9.88 Å². The normalized spacial score (nSPS) is 15.0. The molecule has 1 saturated heterocycles. The van der Waals surface area contributed by atoms with Crippen LogP contribution in [0.4, 0.5) is 10.8 Å². The highest BCUT2D eigenvalue weighted by Crippen LogP contribution is 2.22. The van der Waals surface area contributed by atoms with E-state index in [1.807, 2.05) is 53.5 Å². The van der Waals surface area contributed by atoms with Gasteiger partial charge < -0.3 is 15.1 Å². The molecule has 0 bridgehead atoms. The summed E-state index contributed by atoms with van der Waals surface area (Å²) in [5, 5.41) is 5.31. The van der Waals surface area contributed by atoms with Gasteiger partial charge in [0, 0.05) is 55.9 Å². The monoisotopic (exact) mass is 358 g/mol. The van der Waals surface area contributed by atoms with Crippen molar-refractivity contribution in [3.63, 3.8) is 0 Å². The van der Waals surface area contributed by atoms with Gasteiger partial charge in [-0.05, 0) is 37.1 Å². The van der Waals surface area contributed by atoms with Crippen LogP contribution in [0.1, 0.15) is 23.2 Å². The molecule has 2 aromatic rings. The van der Waals surface area contributed by atoms with Crippen LogP contribution in [0.25, 0.3) is 0 Å². The number of rotatable bonds is 4. The van der Waals surface area contributed by atoms with Crippen molar-refractivity contribution in [3.8, 4) is 0 Å². The average Bonchev–Trinajstić information content (AvgIpc) is 3.14. The Kier molecular flexibility index (Phi) is 5.33. The van der Waals surface area contributed by atoms with Crippen LogP contribution in [0.2, 0.25) is 0 Å². The van der Waals surface area contributed by atoms with Crippen LogP contribution in [-0.4, -0.2) is 48.9 Å². The molecule has 132 valence electrons. The third kappa shape index (κ3) is 4.17. The number of benzene rings is 1. The summed E-state index contributed by atoms with van der Waals surface area (Å²) in [6, 6.07) is 7.61. The number of amides is 2. The number of piperidine rings is 1. The van der Waals surface area contributed by atoms with E-state index in [-0.39, 0.29) is 17.7 Å². The molecule has 1 N–H and O–H groups in total. The largest absolute Gasteiger partial charge is 0.378 e. The van der Waals surface area contributed by atoms with E-state index in [1.165, 1.54) is 11.3 Å². The van der Waals surface area contributed by atoms with E-state index in [9.17, 15) is 9.59 Å². The first kappa shape index (κ1) is 17.4. The fourth-order valence-corrected chi connectivity index (χ4v) is 3.45. The molecule has 1 aliphatic rings. The summed E-state index contributed by atoms with van der Waals surface area (Å²) in [6.07, 6.45) is 3.03. The van der Waals surface area contributed by atoms with Gasteiger partial charge in [0.05, 0.1) is 0 Å². The Morgan fingerprint density at radius 3 is 2.44 bits per heavy atom. The van der Waals surface area contributed by atoms with Crippen LogP contribution < -0.4 is 10.2 Å². The smallest absolute Gasteiger partial charge is 0.253 e. The molecular weight excluding hydrogens is 336 g/mol. The van der Waals surface area contributed by atoms with E-state index >= 15 is 0 Å². The number of nitrogens with one attached hydrogen (secondary N) is 1. The topological polar surface area (TPSA) is 65.5 Å². The number of anilines is 2. The highest BCUT2D eigenvalue weighted by molar-refractivity contribution is 7.13. The minimum Gasteiger partial charge on any atom is -0.378 e. The van der Waals surface area contributed by atoms with Crippen molar-refractivity contribution in [3.05, 3.63) is 41.4 Å². The summed E-state index contributed by atoms with van der Waals surface area (Å²) in [5.74, 6) is -0.0365. The van der Waals surface area contributed by atoms with E-state index in [4.69, 9.17) is 0 Å². The van der Waals surface area contributed by atoms with E-state index < -0.39 is 0 Å². The van der Waals surface area contributed by atoms with Crippen molar-refractivity contribution >= 4 is 34.0 Å². The summed E-state index contributed by atoms with van der Waals surface area (Å²) in [5.41, 5.74) is 1.76. The maximum Gasteiger partial charge on any atom is 0.253 e. The van der Waals surface area contributed by atoms with Gasteiger partial charge in [-0.25, -0.2) is 4.98 Å². The van der Waals surface area contributed by atoms with Crippen LogP contribution in [0, 0.1) is 5.92 Å². The molecular formula is C18H22N4O2S. The summed E-state index contributed by atoms with van der Waals surface area (Å²) in [7, 11) is 3.94. The van der Waals surface area contributed by atoms with Gasteiger partial charge in [0.2, 0.25) is 5.91 Å². The number of hydrogen-bond acceptors (Lipinski definition) is 5. The van der Waals surface area contributed by atoms with Crippen molar-refractivity contribution in [2.45, 2.75) is 12.8 Å². The lowest BCUT2D eigenvalue weighted by atomic mass is 9.95. The number of hydrogen-bond donors (Lipinski definition) is 1. The summed E-state index contributed by atoms with van der Waals surface area (Å²) < 4.78 is 0. The Morgan fingerprint density at radius 1 is 1.20 bits per heavy atom. The van der Waals surface area contributed by atoms with Crippen LogP contribution >= 0.6 is 11.3 Å². The van der Waals surface area contributed by atoms with Gasteiger partial charge in [-0.2, -0.15) is 0 Å². The number of likely N-dealkylation sites (tertiary alicyclic amines) is 1. The fourth-order valence-electron chi connectivity index (χ4n) is 2.92. The predicted octanol–water partition coefficient (Wildman–Crippen LogP) is 2.70. The summed E-state index contributed by atoms with van der Waals surface area (Å²) >= 11 is 1.41. The van der Waals surface area contributed by atoms with Gasteiger partial charge in [-0.3, -0.25) is 9.59 Å². The summed E-state index contributed by atoms with van der Waals surface area (Å²) in [4.78, 5) is 32.8. The summed E-state index contributed by atoms with van der Waals surface area (Å²) in [6.45, 7) is 1.20. The lowest BCUT2D eigenvalue weighted by molar-refractivity contribution is -0.121. The molecule has 0 unspecified atom stereocenters. The first-order valence-electron chi connectivity index (χ1n) is 8.31. The number of carbonyl (C=O) groups excluding carboxylic acids is 2.